The third kappa shape index (κ3) is 4.40. The summed E-state index contributed by atoms with van der Waals surface area (Å²) in [5, 5.41) is 4.61. The third-order valence-electron chi connectivity index (χ3n) is 9.10. The smallest absolute Gasteiger partial charge is 0.227 e. The van der Waals surface area contributed by atoms with E-state index in [0.717, 1.165) is 55.7 Å². The number of thiophene rings is 1. The second-order valence-electron chi connectivity index (χ2n) is 12.0. The van der Waals surface area contributed by atoms with Crippen molar-refractivity contribution in [2.45, 2.75) is 0 Å². The number of hydrogen-bond acceptors (Lipinski definition) is 5. The Bertz CT molecular complexity index is 2780. The number of furan rings is 1. The summed E-state index contributed by atoms with van der Waals surface area (Å²) in [6.07, 6.45) is 0. The highest BCUT2D eigenvalue weighted by atomic mass is 32.1. The van der Waals surface area contributed by atoms with Crippen molar-refractivity contribution < 1.29 is 8.83 Å². The van der Waals surface area contributed by atoms with Crippen LogP contribution in [0.3, 0.4) is 0 Å². The monoisotopic (exact) mass is 634 g/mol. The molecule has 0 spiro atoms. The van der Waals surface area contributed by atoms with Crippen molar-refractivity contribution >= 4 is 81.6 Å². The van der Waals surface area contributed by atoms with Crippen molar-refractivity contribution in [1.82, 2.24) is 4.98 Å². The Balaban J connectivity index is 1.11. The highest BCUT2D eigenvalue weighted by Gasteiger charge is 2.19. The van der Waals surface area contributed by atoms with E-state index in [2.05, 4.69) is 114 Å². The molecule has 10 aromatic rings. The Morgan fingerprint density at radius 2 is 1.04 bits per heavy atom. The number of oxazole rings is 1. The molecular formula is C43H26N2O2S. The molecule has 0 radical (unpaired) electrons. The van der Waals surface area contributed by atoms with Crippen molar-refractivity contribution in [3.05, 3.63) is 158 Å². The molecule has 10 rings (SSSR count). The van der Waals surface area contributed by atoms with Crippen LogP contribution in [0.2, 0.25) is 0 Å². The van der Waals surface area contributed by atoms with Crippen LogP contribution < -0.4 is 4.90 Å². The largest absolute Gasteiger partial charge is 0.456 e. The molecule has 0 amide bonds. The highest BCUT2D eigenvalue weighted by molar-refractivity contribution is 7.25. The Hall–Kier alpha value is -6.17. The number of rotatable bonds is 5. The Kier molecular flexibility index (Phi) is 6.01. The molecular weight excluding hydrogens is 609 g/mol. The quantitative estimate of drug-likeness (QED) is 0.189. The summed E-state index contributed by atoms with van der Waals surface area (Å²) in [6.45, 7) is 0. The molecule has 3 aromatic heterocycles. The zero-order chi connectivity index (χ0) is 31.6. The molecule has 0 saturated heterocycles. The van der Waals surface area contributed by atoms with Crippen molar-refractivity contribution in [3.8, 4) is 22.6 Å². The number of hydrogen-bond donors (Lipinski definition) is 0. The SMILES string of the molecule is c1ccc(-c2ccc(N(c3ccc4c(c3)oc3cc5nc(-c6ccccc6)oc5cc34)c3ccc4c(c3)sc3ccccc34)cc2)cc1. The van der Waals surface area contributed by atoms with Gasteiger partial charge in [-0.05, 0) is 71.8 Å². The topological polar surface area (TPSA) is 42.4 Å². The zero-order valence-electron chi connectivity index (χ0n) is 25.6. The fourth-order valence-corrected chi connectivity index (χ4v) is 7.90. The third-order valence-corrected chi connectivity index (χ3v) is 10.2. The molecule has 0 atom stereocenters. The van der Waals surface area contributed by atoms with Gasteiger partial charge in [-0.15, -0.1) is 11.3 Å². The van der Waals surface area contributed by atoms with Gasteiger partial charge in [0.15, 0.2) is 5.58 Å². The average Bonchev–Trinajstić information content (AvgIpc) is 3.84. The van der Waals surface area contributed by atoms with Gasteiger partial charge in [-0.2, -0.15) is 0 Å². The van der Waals surface area contributed by atoms with Crippen LogP contribution in [0.4, 0.5) is 17.1 Å². The number of fused-ring (bicyclic) bond motifs is 7. The lowest BCUT2D eigenvalue weighted by molar-refractivity contribution is 0.620. The summed E-state index contributed by atoms with van der Waals surface area (Å²) >= 11 is 1.83. The van der Waals surface area contributed by atoms with E-state index in [-0.39, 0.29) is 0 Å². The van der Waals surface area contributed by atoms with Gasteiger partial charge in [0, 0.05) is 65.7 Å². The summed E-state index contributed by atoms with van der Waals surface area (Å²) in [6, 6.07) is 55.2. The summed E-state index contributed by atoms with van der Waals surface area (Å²) in [4.78, 5) is 7.07. The molecule has 48 heavy (non-hydrogen) atoms. The van der Waals surface area contributed by atoms with Crippen molar-refractivity contribution in [2.24, 2.45) is 0 Å². The molecule has 4 nitrogen and oxygen atoms in total. The molecule has 3 heterocycles. The second kappa shape index (κ2) is 10.7. The zero-order valence-corrected chi connectivity index (χ0v) is 26.4. The fourth-order valence-electron chi connectivity index (χ4n) is 6.76. The van der Waals surface area contributed by atoms with Crippen molar-refractivity contribution in [3.63, 3.8) is 0 Å². The van der Waals surface area contributed by atoms with Crippen LogP contribution in [0.5, 0.6) is 0 Å². The van der Waals surface area contributed by atoms with E-state index >= 15 is 0 Å². The van der Waals surface area contributed by atoms with E-state index in [1.54, 1.807) is 0 Å². The normalized spacial score (nSPS) is 11.8. The maximum Gasteiger partial charge on any atom is 0.227 e. The predicted octanol–water partition coefficient (Wildman–Crippen LogP) is 12.9. The number of anilines is 3. The van der Waals surface area contributed by atoms with Crippen molar-refractivity contribution in [2.75, 3.05) is 4.90 Å². The van der Waals surface area contributed by atoms with Crippen LogP contribution in [-0.2, 0) is 0 Å². The van der Waals surface area contributed by atoms with Crippen LogP contribution in [0.15, 0.2) is 167 Å². The Morgan fingerprint density at radius 1 is 0.417 bits per heavy atom. The van der Waals surface area contributed by atoms with Gasteiger partial charge < -0.3 is 13.7 Å². The lowest BCUT2D eigenvalue weighted by Gasteiger charge is -2.26. The van der Waals surface area contributed by atoms with Gasteiger partial charge in [0.2, 0.25) is 5.89 Å². The highest BCUT2D eigenvalue weighted by Crippen LogP contribution is 2.43. The van der Waals surface area contributed by atoms with E-state index in [9.17, 15) is 0 Å². The molecule has 0 fully saturated rings. The molecule has 0 aliphatic rings. The summed E-state index contributed by atoms with van der Waals surface area (Å²) in [7, 11) is 0. The van der Waals surface area contributed by atoms with Crippen LogP contribution in [0, 0.1) is 0 Å². The van der Waals surface area contributed by atoms with Gasteiger partial charge >= 0.3 is 0 Å². The molecule has 0 bridgehead atoms. The first-order valence-electron chi connectivity index (χ1n) is 15.9. The first kappa shape index (κ1) is 27.0. The van der Waals surface area contributed by atoms with Crippen LogP contribution in [0.25, 0.3) is 75.8 Å². The first-order valence-corrected chi connectivity index (χ1v) is 16.8. The minimum atomic E-state index is 0.606. The molecule has 0 aliphatic heterocycles. The lowest BCUT2D eigenvalue weighted by atomic mass is 10.0. The standard InChI is InChI=1S/C43H26N2O2S/c1-3-9-27(10-4-1)28-15-17-30(18-16-28)45(32-20-22-35-34-13-7-8-14-41(34)48-42(35)24-32)31-19-21-33-36-25-40-37(26-39(36)46-38(33)23-31)44-43(47-40)29-11-5-2-6-12-29/h1-26H. The fraction of sp³-hybridized carbons (Fsp3) is 0. The molecule has 0 saturated carbocycles. The number of benzene rings is 7. The van der Waals surface area contributed by atoms with Gasteiger partial charge in [0.1, 0.15) is 16.7 Å². The van der Waals surface area contributed by atoms with Crippen LogP contribution in [-0.4, -0.2) is 4.98 Å². The van der Waals surface area contributed by atoms with E-state index in [0.29, 0.717) is 5.89 Å². The minimum absolute atomic E-state index is 0.606. The first-order chi connectivity index (χ1) is 23.7. The average molecular weight is 635 g/mol. The molecule has 5 heteroatoms. The summed E-state index contributed by atoms with van der Waals surface area (Å²) < 4.78 is 15.3. The van der Waals surface area contributed by atoms with Crippen molar-refractivity contribution in [1.29, 1.82) is 0 Å². The molecule has 0 aliphatic carbocycles. The minimum Gasteiger partial charge on any atom is -0.456 e. The number of nitrogens with zero attached hydrogens (tertiary/aromatic N) is 2. The summed E-state index contributed by atoms with van der Waals surface area (Å²) in [5.74, 6) is 0.606. The van der Waals surface area contributed by atoms with Gasteiger partial charge in [-0.3, -0.25) is 0 Å². The maximum atomic E-state index is 6.52. The number of aromatic nitrogens is 1. The molecule has 7 aromatic carbocycles. The van der Waals surface area contributed by atoms with Crippen LogP contribution in [0.1, 0.15) is 0 Å². The Labute approximate surface area is 279 Å². The van der Waals surface area contributed by atoms with E-state index < -0.39 is 0 Å². The van der Waals surface area contributed by atoms with Gasteiger partial charge in [0.05, 0.1) is 0 Å². The summed E-state index contributed by atoms with van der Waals surface area (Å²) in [5.41, 5.74) is 9.62. The Morgan fingerprint density at radius 3 is 1.85 bits per heavy atom. The molecule has 226 valence electrons. The van der Waals surface area contributed by atoms with E-state index in [1.165, 1.54) is 31.3 Å². The van der Waals surface area contributed by atoms with Gasteiger partial charge in [-0.1, -0.05) is 84.9 Å². The van der Waals surface area contributed by atoms with Gasteiger partial charge in [0.25, 0.3) is 0 Å². The molecule has 0 unspecified atom stereocenters. The maximum absolute atomic E-state index is 6.52. The predicted molar refractivity (Wildman–Crippen MR) is 200 cm³/mol. The van der Waals surface area contributed by atoms with Crippen LogP contribution >= 0.6 is 11.3 Å². The van der Waals surface area contributed by atoms with E-state index in [1.807, 2.05) is 59.9 Å². The van der Waals surface area contributed by atoms with E-state index in [4.69, 9.17) is 13.8 Å². The van der Waals surface area contributed by atoms with Gasteiger partial charge in [-0.25, -0.2) is 4.98 Å². The lowest BCUT2D eigenvalue weighted by Crippen LogP contribution is -2.09. The second-order valence-corrected chi connectivity index (χ2v) is 13.1. The molecule has 0 N–H and O–H groups in total.